The molecule has 2 aromatic heterocycles. The molecule has 10 heteroatoms. The van der Waals surface area contributed by atoms with Crippen LogP contribution in [0.3, 0.4) is 0 Å². The van der Waals surface area contributed by atoms with Crippen molar-refractivity contribution in [3.63, 3.8) is 0 Å². The summed E-state index contributed by atoms with van der Waals surface area (Å²) in [7, 11) is 0. The topological polar surface area (TPSA) is 88.5 Å². The third kappa shape index (κ3) is 5.65. The lowest BCUT2D eigenvalue weighted by atomic mass is 10.2. The molecule has 0 aliphatic carbocycles. The standard InChI is InChI=1S/C15H21N5O2S.2ClH/c1-11-8-12(18-22-11)9-19-4-6-20(7-5-19)15(21)13-10-23-14(17-13)2-3-16;;/h8,10H,2-7,9,16H2,1H3;2*1H. The van der Waals surface area contributed by atoms with Crippen molar-refractivity contribution in [2.75, 3.05) is 32.7 Å². The van der Waals surface area contributed by atoms with Crippen molar-refractivity contribution in [3.8, 4) is 0 Å². The number of rotatable bonds is 5. The zero-order chi connectivity index (χ0) is 16.2. The van der Waals surface area contributed by atoms with Gasteiger partial charge in [0.2, 0.25) is 0 Å². The Morgan fingerprint density at radius 3 is 2.64 bits per heavy atom. The van der Waals surface area contributed by atoms with Crippen LogP contribution in [0.25, 0.3) is 0 Å². The number of hydrogen-bond donors (Lipinski definition) is 1. The van der Waals surface area contributed by atoms with Crippen LogP contribution in [-0.2, 0) is 13.0 Å². The van der Waals surface area contributed by atoms with Gasteiger partial charge in [-0.1, -0.05) is 5.16 Å². The fourth-order valence-corrected chi connectivity index (χ4v) is 3.43. The lowest BCUT2D eigenvalue weighted by Crippen LogP contribution is -2.48. The molecule has 1 aliphatic heterocycles. The predicted octanol–water partition coefficient (Wildman–Crippen LogP) is 1.74. The van der Waals surface area contributed by atoms with Crippen LogP contribution >= 0.6 is 36.2 Å². The smallest absolute Gasteiger partial charge is 0.273 e. The largest absolute Gasteiger partial charge is 0.361 e. The zero-order valence-electron chi connectivity index (χ0n) is 14.0. The van der Waals surface area contributed by atoms with Gasteiger partial charge < -0.3 is 15.2 Å². The van der Waals surface area contributed by atoms with E-state index < -0.39 is 0 Å². The molecule has 140 valence electrons. The van der Waals surface area contributed by atoms with Crippen molar-refractivity contribution in [1.82, 2.24) is 19.9 Å². The second-order valence-corrected chi connectivity index (χ2v) is 6.61. The Labute approximate surface area is 163 Å². The highest BCUT2D eigenvalue weighted by atomic mass is 35.5. The zero-order valence-corrected chi connectivity index (χ0v) is 16.5. The van der Waals surface area contributed by atoms with Gasteiger partial charge in [-0.05, 0) is 13.5 Å². The van der Waals surface area contributed by atoms with Crippen molar-refractivity contribution in [1.29, 1.82) is 0 Å². The monoisotopic (exact) mass is 407 g/mol. The first-order valence-corrected chi connectivity index (χ1v) is 8.62. The molecule has 1 saturated heterocycles. The number of amides is 1. The number of halogens is 2. The highest BCUT2D eigenvalue weighted by molar-refractivity contribution is 7.09. The van der Waals surface area contributed by atoms with E-state index in [1.807, 2.05) is 23.3 Å². The minimum absolute atomic E-state index is 0. The van der Waals surface area contributed by atoms with Gasteiger partial charge in [-0.2, -0.15) is 0 Å². The summed E-state index contributed by atoms with van der Waals surface area (Å²) in [4.78, 5) is 21.0. The molecular formula is C15H23Cl2N5O2S. The first kappa shape index (κ1) is 21.9. The molecule has 3 rings (SSSR count). The van der Waals surface area contributed by atoms with Gasteiger partial charge in [-0.25, -0.2) is 4.98 Å². The van der Waals surface area contributed by atoms with Gasteiger partial charge in [0.25, 0.3) is 5.91 Å². The Hall–Kier alpha value is -1.19. The number of carbonyl (C=O) groups excluding carboxylic acids is 1. The van der Waals surface area contributed by atoms with Gasteiger partial charge in [-0.15, -0.1) is 36.2 Å². The molecule has 1 fully saturated rings. The highest BCUT2D eigenvalue weighted by Gasteiger charge is 2.24. The van der Waals surface area contributed by atoms with E-state index >= 15 is 0 Å². The van der Waals surface area contributed by atoms with Crippen molar-refractivity contribution in [2.24, 2.45) is 5.73 Å². The number of nitrogens with two attached hydrogens (primary N) is 1. The summed E-state index contributed by atoms with van der Waals surface area (Å²) in [5, 5.41) is 6.77. The lowest BCUT2D eigenvalue weighted by Gasteiger charge is -2.33. The average molecular weight is 408 g/mol. The van der Waals surface area contributed by atoms with Crippen LogP contribution in [0.15, 0.2) is 16.0 Å². The third-order valence-electron chi connectivity index (χ3n) is 3.85. The third-order valence-corrected chi connectivity index (χ3v) is 4.76. The molecule has 1 aliphatic rings. The molecule has 1 amide bonds. The van der Waals surface area contributed by atoms with Gasteiger partial charge in [0.15, 0.2) is 0 Å². The molecule has 25 heavy (non-hydrogen) atoms. The number of piperazine rings is 1. The summed E-state index contributed by atoms with van der Waals surface area (Å²) >= 11 is 1.50. The van der Waals surface area contributed by atoms with Crippen LogP contribution < -0.4 is 5.73 Å². The fraction of sp³-hybridized carbons (Fsp3) is 0.533. The molecule has 0 aromatic carbocycles. The van der Waals surface area contributed by atoms with Crippen LogP contribution in [0.2, 0.25) is 0 Å². The molecule has 0 atom stereocenters. The molecule has 0 radical (unpaired) electrons. The highest BCUT2D eigenvalue weighted by Crippen LogP contribution is 2.15. The van der Waals surface area contributed by atoms with E-state index in [4.69, 9.17) is 10.3 Å². The van der Waals surface area contributed by atoms with Gasteiger partial charge >= 0.3 is 0 Å². The molecule has 7 nitrogen and oxygen atoms in total. The summed E-state index contributed by atoms with van der Waals surface area (Å²) in [6, 6.07) is 1.95. The predicted molar refractivity (Wildman–Crippen MR) is 102 cm³/mol. The lowest BCUT2D eigenvalue weighted by molar-refractivity contribution is 0.0620. The fourth-order valence-electron chi connectivity index (χ4n) is 2.64. The van der Waals surface area contributed by atoms with Gasteiger partial charge in [0.05, 0.1) is 10.7 Å². The maximum absolute atomic E-state index is 12.5. The maximum Gasteiger partial charge on any atom is 0.273 e. The Balaban J connectivity index is 0.00000156. The Bertz CT molecular complexity index is 670. The molecule has 0 bridgehead atoms. The van der Waals surface area contributed by atoms with Gasteiger partial charge in [-0.3, -0.25) is 9.69 Å². The Kier molecular flexibility index (Phi) is 8.81. The van der Waals surface area contributed by atoms with Crippen LogP contribution in [0.4, 0.5) is 0 Å². The maximum atomic E-state index is 12.5. The van der Waals surface area contributed by atoms with E-state index in [-0.39, 0.29) is 30.7 Å². The second kappa shape index (κ2) is 10.1. The minimum Gasteiger partial charge on any atom is -0.361 e. The normalized spacial score (nSPS) is 14.7. The number of nitrogens with zero attached hydrogens (tertiary/aromatic N) is 4. The second-order valence-electron chi connectivity index (χ2n) is 5.66. The molecule has 0 unspecified atom stereocenters. The molecule has 3 heterocycles. The first-order valence-electron chi connectivity index (χ1n) is 7.74. The molecule has 0 spiro atoms. The van der Waals surface area contributed by atoms with E-state index in [1.165, 1.54) is 11.3 Å². The molecule has 2 N–H and O–H groups in total. The van der Waals surface area contributed by atoms with Crippen LogP contribution in [-0.4, -0.2) is 58.6 Å². The minimum atomic E-state index is 0. The summed E-state index contributed by atoms with van der Waals surface area (Å²) < 4.78 is 5.09. The van der Waals surface area contributed by atoms with E-state index in [0.29, 0.717) is 25.3 Å². The Morgan fingerprint density at radius 1 is 1.32 bits per heavy atom. The van der Waals surface area contributed by atoms with Crippen molar-refractivity contribution in [3.05, 3.63) is 33.6 Å². The summed E-state index contributed by atoms with van der Waals surface area (Å²) in [5.74, 6) is 0.840. The SMILES string of the molecule is Cc1cc(CN2CCN(C(=O)c3csc(CCN)n3)CC2)no1.Cl.Cl. The van der Waals surface area contributed by atoms with Crippen molar-refractivity contribution < 1.29 is 9.32 Å². The first-order chi connectivity index (χ1) is 11.2. The molecular weight excluding hydrogens is 385 g/mol. The van der Waals surface area contributed by atoms with Crippen LogP contribution in [0.1, 0.15) is 27.0 Å². The van der Waals surface area contributed by atoms with E-state index in [0.717, 1.165) is 42.5 Å². The van der Waals surface area contributed by atoms with Gasteiger partial charge in [0, 0.05) is 50.6 Å². The molecule has 0 saturated carbocycles. The van der Waals surface area contributed by atoms with E-state index in [1.54, 1.807) is 0 Å². The van der Waals surface area contributed by atoms with E-state index in [9.17, 15) is 4.79 Å². The quantitative estimate of drug-likeness (QED) is 0.811. The summed E-state index contributed by atoms with van der Waals surface area (Å²) in [5.41, 5.74) is 7.00. The van der Waals surface area contributed by atoms with Crippen molar-refractivity contribution >= 4 is 42.1 Å². The van der Waals surface area contributed by atoms with Crippen molar-refractivity contribution in [2.45, 2.75) is 19.9 Å². The average Bonchev–Trinajstić information content (AvgIpc) is 3.17. The van der Waals surface area contributed by atoms with Crippen LogP contribution in [0.5, 0.6) is 0 Å². The summed E-state index contributed by atoms with van der Waals surface area (Å²) in [6.07, 6.45) is 0.725. The number of hydrogen-bond acceptors (Lipinski definition) is 7. The number of thiazole rings is 1. The number of carbonyl (C=O) groups is 1. The summed E-state index contributed by atoms with van der Waals surface area (Å²) in [6.45, 7) is 6.28. The van der Waals surface area contributed by atoms with Gasteiger partial charge in [0.1, 0.15) is 11.5 Å². The van der Waals surface area contributed by atoms with E-state index in [2.05, 4.69) is 15.0 Å². The number of aryl methyl sites for hydroxylation is 1. The van der Waals surface area contributed by atoms with Crippen LogP contribution in [0, 0.1) is 6.92 Å². The molecule has 2 aromatic rings. The Morgan fingerprint density at radius 2 is 2.04 bits per heavy atom. The number of aromatic nitrogens is 2.